The second-order valence-corrected chi connectivity index (χ2v) is 5.94. The predicted molar refractivity (Wildman–Crippen MR) is 108 cm³/mol. The normalized spacial score (nSPS) is 10.5. The fourth-order valence-electron chi connectivity index (χ4n) is 2.36. The lowest BCUT2D eigenvalue weighted by Crippen LogP contribution is -2.10. The maximum absolute atomic E-state index is 12.0. The summed E-state index contributed by atoms with van der Waals surface area (Å²) in [6.07, 6.45) is 0. The molecule has 10 heteroatoms. The molecule has 0 aromatic heterocycles. The van der Waals surface area contributed by atoms with Gasteiger partial charge >= 0.3 is 5.97 Å². The first kappa shape index (κ1) is 20.1. The zero-order chi connectivity index (χ0) is 21.5. The van der Waals surface area contributed by atoms with Crippen LogP contribution in [-0.2, 0) is 4.84 Å². The van der Waals surface area contributed by atoms with Crippen LogP contribution < -0.4 is 11.2 Å². The van der Waals surface area contributed by atoms with E-state index in [0.29, 0.717) is 17.1 Å². The van der Waals surface area contributed by atoms with E-state index < -0.39 is 16.8 Å². The molecule has 0 bridgehead atoms. The number of nitrogens with one attached hydrogen (secondary N) is 1. The van der Waals surface area contributed by atoms with Gasteiger partial charge in [0.05, 0.1) is 27.4 Å². The molecule has 0 heterocycles. The standard InChI is InChI=1S/C20H15N5O5/c21-18-7-2-1-6-17(18)19(26)23-22-14-8-10-15(11-9-14)24-30-20(27)13-4-3-5-16(12-13)25(28)29/h1-12,24H,21H2. The van der Waals surface area contributed by atoms with Crippen LogP contribution in [0.15, 0.2) is 83.0 Å². The summed E-state index contributed by atoms with van der Waals surface area (Å²) in [5.41, 5.74) is 9.37. The molecule has 3 rings (SSSR count). The van der Waals surface area contributed by atoms with Gasteiger partial charge in [0.2, 0.25) is 0 Å². The van der Waals surface area contributed by atoms with Gasteiger partial charge in [0.25, 0.3) is 11.6 Å². The molecule has 0 saturated carbocycles. The number of nitro groups is 1. The molecule has 10 nitrogen and oxygen atoms in total. The number of carbonyl (C=O) groups is 2. The fourth-order valence-corrected chi connectivity index (χ4v) is 2.36. The molecular formula is C20H15N5O5. The number of azo groups is 1. The van der Waals surface area contributed by atoms with Crippen molar-refractivity contribution in [2.24, 2.45) is 10.2 Å². The molecule has 1 amide bonds. The molecule has 3 aromatic rings. The number of rotatable bonds is 6. The Hall–Kier alpha value is -4.60. The zero-order valence-corrected chi connectivity index (χ0v) is 15.4. The zero-order valence-electron chi connectivity index (χ0n) is 15.4. The van der Waals surface area contributed by atoms with Gasteiger partial charge in [0, 0.05) is 17.8 Å². The van der Waals surface area contributed by atoms with Crippen molar-refractivity contribution in [3.05, 3.63) is 94.0 Å². The molecule has 0 unspecified atom stereocenters. The average Bonchev–Trinajstić information content (AvgIpc) is 2.77. The highest BCUT2D eigenvalue weighted by Crippen LogP contribution is 2.19. The summed E-state index contributed by atoms with van der Waals surface area (Å²) in [5, 5.41) is 18.3. The van der Waals surface area contributed by atoms with Crippen molar-refractivity contribution in [3.63, 3.8) is 0 Å². The van der Waals surface area contributed by atoms with E-state index in [1.165, 1.54) is 18.2 Å². The third-order valence-corrected chi connectivity index (χ3v) is 3.87. The third-order valence-electron chi connectivity index (χ3n) is 3.87. The second kappa shape index (κ2) is 9.06. The molecule has 0 atom stereocenters. The molecule has 0 aliphatic rings. The Morgan fingerprint density at radius 2 is 1.73 bits per heavy atom. The van der Waals surface area contributed by atoms with Crippen LogP contribution in [0.1, 0.15) is 20.7 Å². The second-order valence-electron chi connectivity index (χ2n) is 5.94. The van der Waals surface area contributed by atoms with Crippen molar-refractivity contribution >= 4 is 34.6 Å². The Balaban J connectivity index is 1.59. The number of nitro benzene ring substituents is 1. The van der Waals surface area contributed by atoms with Gasteiger partial charge in [-0.25, -0.2) is 10.3 Å². The van der Waals surface area contributed by atoms with Crippen LogP contribution in [0.3, 0.4) is 0 Å². The van der Waals surface area contributed by atoms with Gasteiger partial charge in [0.15, 0.2) is 0 Å². The minimum atomic E-state index is -0.784. The van der Waals surface area contributed by atoms with Crippen molar-refractivity contribution < 1.29 is 19.3 Å². The smallest absolute Gasteiger partial charge is 0.363 e. The van der Waals surface area contributed by atoms with Crippen LogP contribution in [0.25, 0.3) is 0 Å². The minimum Gasteiger partial charge on any atom is -0.398 e. The lowest BCUT2D eigenvalue weighted by Gasteiger charge is -2.06. The lowest BCUT2D eigenvalue weighted by atomic mass is 10.2. The van der Waals surface area contributed by atoms with Gasteiger partial charge in [-0.05, 0) is 42.5 Å². The van der Waals surface area contributed by atoms with E-state index in [0.717, 1.165) is 6.07 Å². The Morgan fingerprint density at radius 3 is 2.43 bits per heavy atom. The van der Waals surface area contributed by atoms with Crippen molar-refractivity contribution in [1.82, 2.24) is 0 Å². The Labute approximate surface area is 170 Å². The van der Waals surface area contributed by atoms with Crippen LogP contribution in [0.4, 0.5) is 22.7 Å². The van der Waals surface area contributed by atoms with Crippen LogP contribution in [0.2, 0.25) is 0 Å². The van der Waals surface area contributed by atoms with Gasteiger partial charge in [-0.1, -0.05) is 18.2 Å². The van der Waals surface area contributed by atoms with Gasteiger partial charge in [-0.3, -0.25) is 14.9 Å². The number of carbonyl (C=O) groups excluding carboxylic acids is 2. The summed E-state index contributed by atoms with van der Waals surface area (Å²) in [6, 6.07) is 17.9. The van der Waals surface area contributed by atoms with E-state index in [9.17, 15) is 19.7 Å². The van der Waals surface area contributed by atoms with Crippen LogP contribution >= 0.6 is 0 Å². The number of para-hydroxylation sites is 1. The van der Waals surface area contributed by atoms with Crippen LogP contribution in [0.5, 0.6) is 0 Å². The number of non-ortho nitro benzene ring substituents is 1. The molecule has 3 N–H and O–H groups in total. The number of anilines is 2. The first-order chi connectivity index (χ1) is 14.4. The molecule has 0 saturated heterocycles. The summed E-state index contributed by atoms with van der Waals surface area (Å²) in [4.78, 5) is 39.1. The van der Waals surface area contributed by atoms with Crippen molar-refractivity contribution in [1.29, 1.82) is 0 Å². The maximum Gasteiger partial charge on any atom is 0.363 e. The quantitative estimate of drug-likeness (QED) is 0.269. The Morgan fingerprint density at radius 1 is 1.00 bits per heavy atom. The maximum atomic E-state index is 12.0. The van der Waals surface area contributed by atoms with Crippen LogP contribution in [0, 0.1) is 10.1 Å². The number of benzene rings is 3. The molecule has 30 heavy (non-hydrogen) atoms. The minimum absolute atomic E-state index is 0.0285. The first-order valence-electron chi connectivity index (χ1n) is 8.56. The third kappa shape index (κ3) is 5.01. The average molecular weight is 405 g/mol. The van der Waals surface area contributed by atoms with Gasteiger partial charge in [0.1, 0.15) is 0 Å². The van der Waals surface area contributed by atoms with Crippen molar-refractivity contribution in [2.75, 3.05) is 11.2 Å². The fraction of sp³-hybridized carbons (Fsp3) is 0. The highest BCUT2D eigenvalue weighted by Gasteiger charge is 2.13. The molecule has 0 radical (unpaired) electrons. The van der Waals surface area contributed by atoms with E-state index >= 15 is 0 Å². The number of nitrogens with zero attached hydrogens (tertiary/aromatic N) is 3. The summed E-state index contributed by atoms with van der Waals surface area (Å²) in [7, 11) is 0. The van der Waals surface area contributed by atoms with E-state index in [1.54, 1.807) is 48.5 Å². The first-order valence-corrected chi connectivity index (χ1v) is 8.56. The van der Waals surface area contributed by atoms with Gasteiger partial charge < -0.3 is 10.6 Å². The number of nitrogens with two attached hydrogens (primary N) is 1. The SMILES string of the molecule is Nc1ccccc1C(=O)N=Nc1ccc(NOC(=O)c2cccc([N+](=O)[O-])c2)cc1. The largest absolute Gasteiger partial charge is 0.398 e. The molecular weight excluding hydrogens is 390 g/mol. The Kier molecular flexibility index (Phi) is 6.08. The molecule has 3 aromatic carbocycles. The van der Waals surface area contributed by atoms with Gasteiger partial charge in [-0.2, -0.15) is 0 Å². The summed E-state index contributed by atoms with van der Waals surface area (Å²) >= 11 is 0. The van der Waals surface area contributed by atoms with Crippen LogP contribution in [-0.4, -0.2) is 16.8 Å². The summed E-state index contributed by atoms with van der Waals surface area (Å²) < 4.78 is 0. The molecule has 0 aliphatic heterocycles. The monoisotopic (exact) mass is 405 g/mol. The highest BCUT2D eigenvalue weighted by molar-refractivity contribution is 5.99. The van der Waals surface area contributed by atoms with Gasteiger partial charge in [-0.15, -0.1) is 10.2 Å². The number of hydrogen-bond acceptors (Lipinski definition) is 8. The van der Waals surface area contributed by atoms with E-state index in [4.69, 9.17) is 10.6 Å². The molecule has 0 aliphatic carbocycles. The van der Waals surface area contributed by atoms with E-state index in [1.807, 2.05) is 0 Å². The number of nitrogen functional groups attached to an aromatic ring is 1. The van der Waals surface area contributed by atoms with E-state index in [2.05, 4.69) is 15.7 Å². The van der Waals surface area contributed by atoms with Crippen molar-refractivity contribution in [2.45, 2.75) is 0 Å². The summed E-state index contributed by atoms with van der Waals surface area (Å²) in [6.45, 7) is 0. The summed E-state index contributed by atoms with van der Waals surface area (Å²) in [5.74, 6) is -1.35. The molecule has 0 fully saturated rings. The topological polar surface area (TPSA) is 149 Å². The number of hydrogen-bond donors (Lipinski definition) is 2. The molecule has 0 spiro atoms. The van der Waals surface area contributed by atoms with E-state index in [-0.39, 0.29) is 16.8 Å². The molecule has 150 valence electrons. The number of amides is 1. The van der Waals surface area contributed by atoms with Crippen molar-refractivity contribution in [3.8, 4) is 0 Å². The Bertz CT molecular complexity index is 1130. The lowest BCUT2D eigenvalue weighted by molar-refractivity contribution is -0.384. The highest BCUT2D eigenvalue weighted by atomic mass is 16.7. The predicted octanol–water partition coefficient (Wildman–Crippen LogP) is 4.29.